The van der Waals surface area contributed by atoms with Crippen molar-refractivity contribution in [3.05, 3.63) is 71.4 Å². The number of anilines is 4. The van der Waals surface area contributed by atoms with Crippen LogP contribution in [0.25, 0.3) is 0 Å². The van der Waals surface area contributed by atoms with E-state index in [1.54, 1.807) is 36.5 Å². The maximum atomic E-state index is 10.9. The van der Waals surface area contributed by atoms with Gasteiger partial charge >= 0.3 is 5.97 Å². The molecule has 0 atom stereocenters. The molecule has 3 rings (SSSR count). The Morgan fingerprint density at radius 2 is 1.60 bits per heavy atom. The molecule has 0 radical (unpaired) electrons. The van der Waals surface area contributed by atoms with Crippen molar-refractivity contribution in [2.24, 2.45) is 0 Å². The highest BCUT2D eigenvalue weighted by Gasteiger charge is 2.04. The Labute approximate surface area is 145 Å². The highest BCUT2D eigenvalue weighted by Crippen LogP contribution is 2.20. The van der Waals surface area contributed by atoms with E-state index < -0.39 is 5.97 Å². The summed E-state index contributed by atoms with van der Waals surface area (Å²) in [5.41, 5.74) is 4.25. The fourth-order valence-corrected chi connectivity index (χ4v) is 2.51. The molecule has 3 aromatic rings. The van der Waals surface area contributed by atoms with Crippen molar-refractivity contribution in [3.63, 3.8) is 0 Å². The van der Waals surface area contributed by atoms with Crippen LogP contribution in [0.4, 0.5) is 23.1 Å². The van der Waals surface area contributed by atoms with Gasteiger partial charge in [-0.15, -0.1) is 0 Å². The Balaban J connectivity index is 1.75. The molecular formula is C19H18N4O2. The molecule has 0 saturated carbocycles. The van der Waals surface area contributed by atoms with Gasteiger partial charge < -0.3 is 15.7 Å². The van der Waals surface area contributed by atoms with Crippen LogP contribution < -0.4 is 10.6 Å². The smallest absolute Gasteiger partial charge is 0.335 e. The molecule has 25 heavy (non-hydrogen) atoms. The maximum absolute atomic E-state index is 10.9. The predicted molar refractivity (Wildman–Crippen MR) is 97.9 cm³/mol. The van der Waals surface area contributed by atoms with Crippen molar-refractivity contribution >= 4 is 29.1 Å². The maximum Gasteiger partial charge on any atom is 0.335 e. The molecule has 0 amide bonds. The molecule has 6 heteroatoms. The lowest BCUT2D eigenvalue weighted by Crippen LogP contribution is -2.01. The van der Waals surface area contributed by atoms with Crippen molar-refractivity contribution in [1.82, 2.24) is 9.97 Å². The molecule has 0 saturated heterocycles. The average Bonchev–Trinajstić information content (AvgIpc) is 2.54. The third-order valence-corrected chi connectivity index (χ3v) is 3.54. The van der Waals surface area contributed by atoms with Gasteiger partial charge in [0, 0.05) is 17.6 Å². The Kier molecular flexibility index (Phi) is 4.61. The zero-order valence-corrected chi connectivity index (χ0v) is 13.9. The van der Waals surface area contributed by atoms with E-state index in [2.05, 4.69) is 26.7 Å². The summed E-state index contributed by atoms with van der Waals surface area (Å²) in [5.74, 6) is 0.149. The number of aromatic nitrogens is 2. The normalized spacial score (nSPS) is 10.3. The molecule has 0 unspecified atom stereocenters. The van der Waals surface area contributed by atoms with E-state index >= 15 is 0 Å². The van der Waals surface area contributed by atoms with E-state index in [9.17, 15) is 4.79 Å². The zero-order valence-electron chi connectivity index (χ0n) is 13.9. The monoisotopic (exact) mass is 334 g/mol. The number of rotatable bonds is 5. The molecule has 3 N–H and O–H groups in total. The van der Waals surface area contributed by atoms with Crippen molar-refractivity contribution in [3.8, 4) is 0 Å². The largest absolute Gasteiger partial charge is 0.478 e. The Hall–Kier alpha value is -3.41. The van der Waals surface area contributed by atoms with Crippen LogP contribution in [0.1, 0.15) is 21.5 Å². The molecule has 0 aliphatic rings. The molecule has 1 aromatic heterocycles. The van der Waals surface area contributed by atoms with Gasteiger partial charge in [0.1, 0.15) is 5.82 Å². The van der Waals surface area contributed by atoms with Crippen LogP contribution in [0, 0.1) is 13.8 Å². The summed E-state index contributed by atoms with van der Waals surface area (Å²) in [6.07, 6.45) is 1.66. The molecule has 0 aliphatic heterocycles. The second kappa shape index (κ2) is 7.00. The number of benzene rings is 2. The number of aryl methyl sites for hydroxylation is 2. The van der Waals surface area contributed by atoms with Crippen LogP contribution in [0.3, 0.4) is 0 Å². The predicted octanol–water partition coefficient (Wildman–Crippen LogP) is 4.28. The van der Waals surface area contributed by atoms with Gasteiger partial charge in [0.25, 0.3) is 0 Å². The summed E-state index contributed by atoms with van der Waals surface area (Å²) in [5, 5.41) is 15.3. The number of nitrogens with zero attached hydrogens (tertiary/aromatic N) is 2. The molecule has 6 nitrogen and oxygen atoms in total. The van der Waals surface area contributed by atoms with Crippen LogP contribution in [0.15, 0.2) is 54.7 Å². The molecule has 0 bridgehead atoms. The minimum absolute atomic E-state index is 0.241. The number of carbonyl (C=O) groups is 1. The van der Waals surface area contributed by atoms with Crippen molar-refractivity contribution in [2.45, 2.75) is 13.8 Å². The second-order valence-corrected chi connectivity index (χ2v) is 5.77. The van der Waals surface area contributed by atoms with Crippen molar-refractivity contribution < 1.29 is 9.90 Å². The van der Waals surface area contributed by atoms with E-state index in [1.807, 2.05) is 26.0 Å². The summed E-state index contributed by atoms with van der Waals surface area (Å²) in [6, 6.07) is 14.4. The van der Waals surface area contributed by atoms with E-state index in [-0.39, 0.29) is 5.56 Å². The third kappa shape index (κ3) is 4.32. The summed E-state index contributed by atoms with van der Waals surface area (Å²) in [6.45, 7) is 4.08. The van der Waals surface area contributed by atoms with E-state index in [0.717, 1.165) is 22.5 Å². The number of nitrogens with one attached hydrogen (secondary N) is 2. The number of aromatic carboxylic acids is 1. The average molecular weight is 334 g/mol. The standard InChI is InChI=1S/C19H18N4O2/c1-12-9-13(2)11-16(10-12)22-19-20-8-7-17(23-19)21-15-5-3-14(4-6-15)18(24)25/h3-11H,1-2H3,(H,24,25)(H2,20,21,22,23). The Bertz CT molecular complexity index is 887. The molecule has 1 heterocycles. The molecule has 0 aliphatic carbocycles. The quantitative estimate of drug-likeness (QED) is 0.645. The fraction of sp³-hybridized carbons (Fsp3) is 0.105. The van der Waals surface area contributed by atoms with Gasteiger partial charge in [0.2, 0.25) is 5.95 Å². The number of carboxylic acids is 1. The summed E-state index contributed by atoms with van der Waals surface area (Å²) >= 11 is 0. The number of hydrogen-bond donors (Lipinski definition) is 3. The first-order chi connectivity index (χ1) is 12.0. The summed E-state index contributed by atoms with van der Waals surface area (Å²) in [7, 11) is 0. The van der Waals surface area contributed by atoms with Gasteiger partial charge in [0.05, 0.1) is 5.56 Å². The molecule has 126 valence electrons. The zero-order chi connectivity index (χ0) is 17.8. The third-order valence-electron chi connectivity index (χ3n) is 3.54. The van der Waals surface area contributed by atoms with Crippen molar-refractivity contribution in [2.75, 3.05) is 10.6 Å². The van der Waals surface area contributed by atoms with Gasteiger partial charge in [0.15, 0.2) is 0 Å². The topological polar surface area (TPSA) is 87.1 Å². The lowest BCUT2D eigenvalue weighted by Gasteiger charge is -2.10. The van der Waals surface area contributed by atoms with Crippen LogP contribution in [0.2, 0.25) is 0 Å². The molecule has 2 aromatic carbocycles. The Morgan fingerprint density at radius 1 is 0.920 bits per heavy atom. The van der Waals surface area contributed by atoms with E-state index in [0.29, 0.717) is 11.8 Å². The Morgan fingerprint density at radius 3 is 2.24 bits per heavy atom. The highest BCUT2D eigenvalue weighted by atomic mass is 16.4. The molecule has 0 fully saturated rings. The first-order valence-electron chi connectivity index (χ1n) is 7.78. The fourth-order valence-electron chi connectivity index (χ4n) is 2.51. The first-order valence-corrected chi connectivity index (χ1v) is 7.78. The second-order valence-electron chi connectivity index (χ2n) is 5.77. The number of hydrogen-bond acceptors (Lipinski definition) is 5. The SMILES string of the molecule is Cc1cc(C)cc(Nc2nccc(Nc3ccc(C(=O)O)cc3)n2)c1. The minimum atomic E-state index is -0.950. The van der Waals surface area contributed by atoms with Gasteiger partial charge in [-0.3, -0.25) is 0 Å². The van der Waals surface area contributed by atoms with Gasteiger partial charge in [-0.05, 0) is 67.4 Å². The van der Waals surface area contributed by atoms with Crippen molar-refractivity contribution in [1.29, 1.82) is 0 Å². The van der Waals surface area contributed by atoms with E-state index in [1.165, 1.54) is 0 Å². The lowest BCUT2D eigenvalue weighted by molar-refractivity contribution is 0.0697. The summed E-state index contributed by atoms with van der Waals surface area (Å²) in [4.78, 5) is 19.6. The van der Waals surface area contributed by atoms with Crippen LogP contribution >= 0.6 is 0 Å². The van der Waals surface area contributed by atoms with Gasteiger partial charge in [-0.2, -0.15) is 4.98 Å². The summed E-state index contributed by atoms with van der Waals surface area (Å²) < 4.78 is 0. The van der Waals surface area contributed by atoms with Crippen LogP contribution in [0.5, 0.6) is 0 Å². The molecule has 0 spiro atoms. The number of carboxylic acid groups (broad SMARTS) is 1. The van der Waals surface area contributed by atoms with Gasteiger partial charge in [-0.25, -0.2) is 9.78 Å². The van der Waals surface area contributed by atoms with E-state index in [4.69, 9.17) is 5.11 Å². The molecular weight excluding hydrogens is 316 g/mol. The minimum Gasteiger partial charge on any atom is -0.478 e. The highest BCUT2D eigenvalue weighted by molar-refractivity contribution is 5.88. The van der Waals surface area contributed by atoms with Crippen LogP contribution in [-0.4, -0.2) is 21.0 Å². The first kappa shape index (κ1) is 16.4. The lowest BCUT2D eigenvalue weighted by atomic mass is 10.1. The van der Waals surface area contributed by atoms with Crippen LogP contribution in [-0.2, 0) is 0 Å². The van der Waals surface area contributed by atoms with Gasteiger partial charge in [-0.1, -0.05) is 6.07 Å².